The lowest BCUT2D eigenvalue weighted by atomic mass is 10.2. The molecule has 1 aromatic carbocycles. The maximum atomic E-state index is 11.7. The minimum absolute atomic E-state index is 0.0813. The summed E-state index contributed by atoms with van der Waals surface area (Å²) in [6.07, 6.45) is 3.03. The molecule has 0 aliphatic carbocycles. The number of benzene rings is 1. The Bertz CT molecular complexity index is 492. The fourth-order valence-corrected chi connectivity index (χ4v) is 2.93. The quantitative estimate of drug-likeness (QED) is 0.801. The van der Waals surface area contributed by atoms with Crippen molar-refractivity contribution >= 4 is 22.4 Å². The number of anilines is 1. The van der Waals surface area contributed by atoms with E-state index in [0.29, 0.717) is 29.8 Å². The summed E-state index contributed by atoms with van der Waals surface area (Å²) in [5.74, 6) is 1.23. The Morgan fingerprint density at radius 2 is 1.90 bits per heavy atom. The molecule has 0 saturated heterocycles. The number of rotatable bonds is 8. The van der Waals surface area contributed by atoms with Gasteiger partial charge in [0.25, 0.3) is 0 Å². The number of nitrogens with one attached hydrogen (secondary N) is 1. The average molecular weight is 292 g/mol. The van der Waals surface area contributed by atoms with Crippen LogP contribution in [0.5, 0.6) is 0 Å². The molecule has 1 unspecified atom stereocenters. The fourth-order valence-electron chi connectivity index (χ4n) is 1.65. The number of hydrogen-bond acceptors (Lipinski definition) is 3. The van der Waals surface area contributed by atoms with Crippen LogP contribution in [0.25, 0.3) is 0 Å². The highest BCUT2D eigenvalue weighted by Crippen LogP contribution is 2.09. The van der Waals surface area contributed by atoms with E-state index in [4.69, 9.17) is 5.26 Å². The van der Waals surface area contributed by atoms with Crippen molar-refractivity contribution in [2.75, 3.05) is 16.8 Å². The van der Waals surface area contributed by atoms with Gasteiger partial charge in [-0.2, -0.15) is 5.26 Å². The van der Waals surface area contributed by atoms with Crippen LogP contribution >= 0.6 is 0 Å². The van der Waals surface area contributed by atoms with Crippen LogP contribution < -0.4 is 5.32 Å². The van der Waals surface area contributed by atoms with Gasteiger partial charge in [0.2, 0.25) is 5.91 Å². The molecule has 0 saturated carbocycles. The maximum Gasteiger partial charge on any atom is 0.224 e. The van der Waals surface area contributed by atoms with Crippen LogP contribution in [0.2, 0.25) is 0 Å². The molecule has 4 nitrogen and oxygen atoms in total. The molecule has 1 aromatic rings. The monoisotopic (exact) mass is 292 g/mol. The summed E-state index contributed by atoms with van der Waals surface area (Å²) in [7, 11) is -0.803. The maximum absolute atomic E-state index is 11.7. The second-order valence-corrected chi connectivity index (χ2v) is 6.24. The van der Waals surface area contributed by atoms with E-state index in [1.54, 1.807) is 24.3 Å². The molecule has 0 aliphatic heterocycles. The Kier molecular flexibility index (Phi) is 7.59. The minimum atomic E-state index is -0.803. The first-order valence-electron chi connectivity index (χ1n) is 6.80. The average Bonchev–Trinajstić information content (AvgIpc) is 2.46. The molecule has 5 heteroatoms. The number of hydrogen-bond donors (Lipinski definition) is 1. The van der Waals surface area contributed by atoms with E-state index in [1.807, 2.05) is 6.07 Å². The van der Waals surface area contributed by atoms with Crippen molar-refractivity contribution in [3.8, 4) is 6.07 Å². The summed E-state index contributed by atoms with van der Waals surface area (Å²) in [6.45, 7) is 2.07. The van der Waals surface area contributed by atoms with Gasteiger partial charge in [0.15, 0.2) is 0 Å². The molecule has 0 radical (unpaired) electrons. The number of carbonyl (C=O) groups is 1. The zero-order valence-electron chi connectivity index (χ0n) is 11.7. The highest BCUT2D eigenvalue weighted by molar-refractivity contribution is 7.84. The van der Waals surface area contributed by atoms with Crippen molar-refractivity contribution in [2.45, 2.75) is 32.6 Å². The first-order valence-corrected chi connectivity index (χ1v) is 8.29. The van der Waals surface area contributed by atoms with Gasteiger partial charge in [0.05, 0.1) is 11.6 Å². The molecule has 108 valence electrons. The smallest absolute Gasteiger partial charge is 0.224 e. The Labute approximate surface area is 122 Å². The van der Waals surface area contributed by atoms with E-state index >= 15 is 0 Å². The molecule has 1 rings (SSSR count). The second kappa shape index (κ2) is 9.27. The third-order valence-corrected chi connectivity index (χ3v) is 4.29. The SMILES string of the molecule is CCCCS(=O)CCCC(=O)Nc1ccc(C#N)cc1. The van der Waals surface area contributed by atoms with Crippen molar-refractivity contribution < 1.29 is 9.00 Å². The summed E-state index contributed by atoms with van der Waals surface area (Å²) in [6, 6.07) is 8.76. The van der Waals surface area contributed by atoms with Crippen molar-refractivity contribution in [2.24, 2.45) is 0 Å². The first-order chi connectivity index (χ1) is 9.65. The van der Waals surface area contributed by atoms with Crippen molar-refractivity contribution in [1.29, 1.82) is 5.26 Å². The molecular weight excluding hydrogens is 272 g/mol. The molecule has 0 heterocycles. The zero-order chi connectivity index (χ0) is 14.8. The molecule has 0 fully saturated rings. The van der Waals surface area contributed by atoms with Gasteiger partial charge in [-0.05, 0) is 37.1 Å². The number of nitrogens with zero attached hydrogens (tertiary/aromatic N) is 1. The molecule has 1 amide bonds. The number of unbranched alkanes of at least 4 members (excludes halogenated alkanes) is 1. The number of nitriles is 1. The van der Waals surface area contributed by atoms with Gasteiger partial charge in [0.1, 0.15) is 0 Å². The summed E-state index contributed by atoms with van der Waals surface area (Å²) in [5.41, 5.74) is 1.25. The Balaban J connectivity index is 2.26. The lowest BCUT2D eigenvalue weighted by Crippen LogP contribution is -2.13. The summed E-state index contributed by atoms with van der Waals surface area (Å²) < 4.78 is 11.6. The van der Waals surface area contributed by atoms with Crippen LogP contribution in [0, 0.1) is 11.3 Å². The summed E-state index contributed by atoms with van der Waals surface area (Å²) in [4.78, 5) is 11.7. The summed E-state index contributed by atoms with van der Waals surface area (Å²) >= 11 is 0. The highest BCUT2D eigenvalue weighted by Gasteiger charge is 2.05. The Morgan fingerprint density at radius 3 is 2.50 bits per heavy atom. The lowest BCUT2D eigenvalue weighted by Gasteiger charge is -2.05. The van der Waals surface area contributed by atoms with E-state index in [0.717, 1.165) is 18.6 Å². The predicted molar refractivity (Wildman–Crippen MR) is 81.8 cm³/mol. The van der Waals surface area contributed by atoms with Gasteiger partial charge in [0, 0.05) is 34.4 Å². The van der Waals surface area contributed by atoms with E-state index in [9.17, 15) is 9.00 Å². The van der Waals surface area contributed by atoms with Crippen LogP contribution in [0.15, 0.2) is 24.3 Å². The molecule has 0 spiro atoms. The van der Waals surface area contributed by atoms with E-state index in [1.165, 1.54) is 0 Å². The zero-order valence-corrected chi connectivity index (χ0v) is 12.5. The van der Waals surface area contributed by atoms with Gasteiger partial charge in [-0.25, -0.2) is 0 Å². The van der Waals surface area contributed by atoms with E-state index < -0.39 is 10.8 Å². The minimum Gasteiger partial charge on any atom is -0.326 e. The Morgan fingerprint density at radius 1 is 1.25 bits per heavy atom. The van der Waals surface area contributed by atoms with Crippen LogP contribution in [-0.2, 0) is 15.6 Å². The van der Waals surface area contributed by atoms with Crippen molar-refractivity contribution in [1.82, 2.24) is 0 Å². The first kappa shape index (κ1) is 16.4. The van der Waals surface area contributed by atoms with Crippen LogP contribution in [-0.4, -0.2) is 21.6 Å². The third-order valence-electron chi connectivity index (χ3n) is 2.80. The van der Waals surface area contributed by atoms with Gasteiger partial charge < -0.3 is 5.32 Å². The Hall–Kier alpha value is -1.67. The lowest BCUT2D eigenvalue weighted by molar-refractivity contribution is -0.116. The van der Waals surface area contributed by atoms with Crippen LogP contribution in [0.4, 0.5) is 5.69 Å². The normalized spacial score (nSPS) is 11.6. The molecule has 1 N–H and O–H groups in total. The van der Waals surface area contributed by atoms with Gasteiger partial charge >= 0.3 is 0 Å². The number of carbonyl (C=O) groups excluding carboxylic acids is 1. The van der Waals surface area contributed by atoms with Crippen LogP contribution in [0.1, 0.15) is 38.2 Å². The summed E-state index contributed by atoms with van der Waals surface area (Å²) in [5, 5.41) is 11.4. The van der Waals surface area contributed by atoms with Gasteiger partial charge in [-0.15, -0.1) is 0 Å². The van der Waals surface area contributed by atoms with E-state index in [2.05, 4.69) is 12.2 Å². The standard InChI is InChI=1S/C15H20N2O2S/c1-2-3-10-20(19)11-4-5-15(18)17-14-8-6-13(12-16)7-9-14/h6-9H,2-5,10-11H2,1H3,(H,17,18). The molecular formula is C15H20N2O2S. The topological polar surface area (TPSA) is 70.0 Å². The molecule has 0 aliphatic rings. The van der Waals surface area contributed by atoms with E-state index in [-0.39, 0.29) is 5.91 Å². The molecule has 1 atom stereocenters. The predicted octanol–water partition coefficient (Wildman–Crippen LogP) is 2.83. The van der Waals surface area contributed by atoms with Gasteiger partial charge in [-0.3, -0.25) is 9.00 Å². The largest absolute Gasteiger partial charge is 0.326 e. The second-order valence-electron chi connectivity index (χ2n) is 4.54. The van der Waals surface area contributed by atoms with Crippen molar-refractivity contribution in [3.63, 3.8) is 0 Å². The third kappa shape index (κ3) is 6.48. The molecule has 20 heavy (non-hydrogen) atoms. The van der Waals surface area contributed by atoms with Crippen molar-refractivity contribution in [3.05, 3.63) is 29.8 Å². The molecule has 0 aromatic heterocycles. The highest BCUT2D eigenvalue weighted by atomic mass is 32.2. The molecule has 0 bridgehead atoms. The van der Waals surface area contributed by atoms with Crippen LogP contribution in [0.3, 0.4) is 0 Å². The van der Waals surface area contributed by atoms with Gasteiger partial charge in [-0.1, -0.05) is 13.3 Å². The fraction of sp³-hybridized carbons (Fsp3) is 0.467. The number of amides is 1.